The lowest BCUT2D eigenvalue weighted by atomic mass is 9.55. The average Bonchev–Trinajstić information content (AvgIpc) is 2.51. The highest BCUT2D eigenvalue weighted by molar-refractivity contribution is 5.67. The van der Waals surface area contributed by atoms with Crippen LogP contribution in [0.1, 0.15) is 73.1 Å². The smallest absolute Gasteiger partial charge is 0.407 e. The van der Waals surface area contributed by atoms with Gasteiger partial charge in [-0.2, -0.15) is 0 Å². The molecule has 3 unspecified atom stereocenters. The van der Waals surface area contributed by atoms with Crippen molar-refractivity contribution in [1.82, 2.24) is 10.6 Å². The number of rotatable bonds is 6. The fraction of sp³-hybridized carbons (Fsp3) is 0.947. The van der Waals surface area contributed by atoms with Gasteiger partial charge in [-0.3, -0.25) is 0 Å². The molecule has 1 spiro atoms. The summed E-state index contributed by atoms with van der Waals surface area (Å²) in [5.41, 5.74) is -0.139. The molecule has 1 amide bonds. The lowest BCUT2D eigenvalue weighted by Crippen LogP contribution is -2.66. The molecule has 0 heterocycles. The Kier molecular flexibility index (Phi) is 6.54. The molecule has 2 saturated carbocycles. The van der Waals surface area contributed by atoms with E-state index in [-0.39, 0.29) is 12.1 Å². The molecule has 140 valence electrons. The van der Waals surface area contributed by atoms with Crippen LogP contribution in [0.15, 0.2) is 0 Å². The highest BCUT2D eigenvalue weighted by Crippen LogP contribution is 2.53. The highest BCUT2D eigenvalue weighted by Gasteiger charge is 2.55. The van der Waals surface area contributed by atoms with Crippen LogP contribution in [0, 0.1) is 5.41 Å². The van der Waals surface area contributed by atoms with E-state index in [1.807, 2.05) is 20.8 Å². The largest absolute Gasteiger partial charge is 0.444 e. The Labute approximate surface area is 147 Å². The van der Waals surface area contributed by atoms with Gasteiger partial charge in [0.25, 0.3) is 0 Å². The molecule has 24 heavy (non-hydrogen) atoms. The second kappa shape index (κ2) is 8.05. The van der Waals surface area contributed by atoms with Crippen molar-refractivity contribution in [3.05, 3.63) is 0 Å². The van der Waals surface area contributed by atoms with E-state index in [4.69, 9.17) is 9.47 Å². The van der Waals surface area contributed by atoms with Gasteiger partial charge in [0, 0.05) is 30.7 Å². The van der Waals surface area contributed by atoms with Gasteiger partial charge in [-0.25, -0.2) is 4.79 Å². The van der Waals surface area contributed by atoms with Gasteiger partial charge in [0.15, 0.2) is 0 Å². The molecular formula is C19H36N2O3. The fourth-order valence-corrected chi connectivity index (χ4v) is 4.25. The zero-order chi connectivity index (χ0) is 17.8. The maximum atomic E-state index is 11.8. The number of hydrogen-bond acceptors (Lipinski definition) is 4. The van der Waals surface area contributed by atoms with Crippen LogP contribution < -0.4 is 10.6 Å². The molecule has 2 N–H and O–H groups in total. The molecule has 2 aliphatic rings. The van der Waals surface area contributed by atoms with Crippen molar-refractivity contribution in [2.24, 2.45) is 5.41 Å². The Bertz CT molecular complexity index is 413. The van der Waals surface area contributed by atoms with E-state index in [1.54, 1.807) is 0 Å². The summed E-state index contributed by atoms with van der Waals surface area (Å²) in [4.78, 5) is 11.8. The van der Waals surface area contributed by atoms with Crippen molar-refractivity contribution in [3.63, 3.8) is 0 Å². The van der Waals surface area contributed by atoms with Crippen molar-refractivity contribution < 1.29 is 14.3 Å². The van der Waals surface area contributed by atoms with Gasteiger partial charge in [-0.05, 0) is 53.9 Å². The molecule has 2 fully saturated rings. The molecule has 2 aliphatic carbocycles. The fourth-order valence-electron chi connectivity index (χ4n) is 4.25. The van der Waals surface area contributed by atoms with E-state index in [0.29, 0.717) is 24.1 Å². The van der Waals surface area contributed by atoms with Gasteiger partial charge < -0.3 is 20.1 Å². The Morgan fingerprint density at radius 3 is 2.50 bits per heavy atom. The predicted molar refractivity (Wildman–Crippen MR) is 96.2 cm³/mol. The van der Waals surface area contributed by atoms with E-state index in [1.165, 1.54) is 32.1 Å². The Morgan fingerprint density at radius 2 is 1.92 bits per heavy atom. The van der Waals surface area contributed by atoms with Crippen LogP contribution in [0.25, 0.3) is 0 Å². The molecule has 0 aromatic heterocycles. The summed E-state index contributed by atoms with van der Waals surface area (Å²) < 4.78 is 11.3. The van der Waals surface area contributed by atoms with Gasteiger partial charge in [0.1, 0.15) is 5.60 Å². The Hall–Kier alpha value is -0.810. The van der Waals surface area contributed by atoms with Gasteiger partial charge in [0.2, 0.25) is 0 Å². The monoisotopic (exact) mass is 340 g/mol. The molecule has 0 radical (unpaired) electrons. The van der Waals surface area contributed by atoms with E-state index in [9.17, 15) is 4.79 Å². The van der Waals surface area contributed by atoms with E-state index in [0.717, 1.165) is 13.0 Å². The number of carbonyl (C=O) groups is 1. The number of alkyl carbamates (subject to hydrolysis) is 1. The lowest BCUT2D eigenvalue weighted by Gasteiger charge is -2.58. The summed E-state index contributed by atoms with van der Waals surface area (Å²) in [6.45, 7) is 11.2. The average molecular weight is 341 g/mol. The van der Waals surface area contributed by atoms with Crippen LogP contribution >= 0.6 is 0 Å². The third-order valence-electron chi connectivity index (χ3n) is 5.37. The minimum Gasteiger partial charge on any atom is -0.444 e. The SMILES string of the molecule is CCOC1CC(NC(C)CNC(=O)OC(C)(C)C)C12CCCCC2. The second-order valence-electron chi connectivity index (χ2n) is 8.48. The first-order chi connectivity index (χ1) is 11.3. The van der Waals surface area contributed by atoms with Crippen molar-refractivity contribution in [3.8, 4) is 0 Å². The number of carbonyl (C=O) groups excluding carboxylic acids is 1. The molecule has 5 nitrogen and oxygen atoms in total. The van der Waals surface area contributed by atoms with Crippen LogP contribution in [0.5, 0.6) is 0 Å². The molecule has 2 rings (SSSR count). The van der Waals surface area contributed by atoms with E-state index < -0.39 is 5.60 Å². The maximum Gasteiger partial charge on any atom is 0.407 e. The summed E-state index contributed by atoms with van der Waals surface area (Å²) >= 11 is 0. The van der Waals surface area contributed by atoms with Crippen molar-refractivity contribution in [2.75, 3.05) is 13.2 Å². The third kappa shape index (κ3) is 4.85. The molecule has 3 atom stereocenters. The second-order valence-corrected chi connectivity index (χ2v) is 8.48. The van der Waals surface area contributed by atoms with Crippen LogP contribution in [-0.2, 0) is 9.47 Å². The number of ether oxygens (including phenoxy) is 2. The van der Waals surface area contributed by atoms with Crippen molar-refractivity contribution in [2.45, 2.75) is 96.9 Å². The van der Waals surface area contributed by atoms with Crippen molar-refractivity contribution >= 4 is 6.09 Å². The molecule has 0 aliphatic heterocycles. The summed E-state index contributed by atoms with van der Waals surface area (Å²) in [6.07, 6.45) is 7.66. The maximum absolute atomic E-state index is 11.8. The summed E-state index contributed by atoms with van der Waals surface area (Å²) in [5, 5.41) is 6.60. The number of amides is 1. The predicted octanol–water partition coefficient (Wildman–Crippen LogP) is 3.62. The van der Waals surface area contributed by atoms with Gasteiger partial charge in [-0.15, -0.1) is 0 Å². The first kappa shape index (κ1) is 19.5. The zero-order valence-electron chi connectivity index (χ0n) is 16.1. The molecular weight excluding hydrogens is 304 g/mol. The number of nitrogens with one attached hydrogen (secondary N) is 2. The Morgan fingerprint density at radius 1 is 1.25 bits per heavy atom. The quantitative estimate of drug-likeness (QED) is 0.775. The molecule has 5 heteroatoms. The third-order valence-corrected chi connectivity index (χ3v) is 5.37. The van der Waals surface area contributed by atoms with Crippen molar-refractivity contribution in [1.29, 1.82) is 0 Å². The number of hydrogen-bond donors (Lipinski definition) is 2. The first-order valence-electron chi connectivity index (χ1n) is 9.61. The summed E-state index contributed by atoms with van der Waals surface area (Å²) in [5.74, 6) is 0. The summed E-state index contributed by atoms with van der Waals surface area (Å²) in [7, 11) is 0. The normalized spacial score (nSPS) is 27.4. The van der Waals surface area contributed by atoms with Gasteiger partial charge >= 0.3 is 6.09 Å². The molecule has 0 aromatic rings. The standard InChI is InChI=1S/C19H36N2O3/c1-6-23-16-12-15(19(16)10-8-7-9-11-19)21-14(2)13-20-17(22)24-18(3,4)5/h14-16,21H,6-13H2,1-5H3,(H,20,22). The van der Waals surface area contributed by atoms with Gasteiger partial charge in [-0.1, -0.05) is 19.3 Å². The highest BCUT2D eigenvalue weighted by atomic mass is 16.6. The van der Waals surface area contributed by atoms with Crippen LogP contribution in [-0.4, -0.2) is 43.0 Å². The minimum atomic E-state index is -0.453. The first-order valence-corrected chi connectivity index (χ1v) is 9.61. The van der Waals surface area contributed by atoms with E-state index in [2.05, 4.69) is 24.5 Å². The van der Waals surface area contributed by atoms with Crippen LogP contribution in [0.4, 0.5) is 4.79 Å². The Balaban J connectivity index is 1.80. The topological polar surface area (TPSA) is 59.6 Å². The minimum absolute atomic E-state index is 0.226. The van der Waals surface area contributed by atoms with Crippen LogP contribution in [0.2, 0.25) is 0 Å². The van der Waals surface area contributed by atoms with E-state index >= 15 is 0 Å². The molecule has 0 saturated heterocycles. The molecule has 0 bridgehead atoms. The summed E-state index contributed by atoms with van der Waals surface area (Å²) in [6, 6.07) is 0.730. The van der Waals surface area contributed by atoms with Gasteiger partial charge in [0.05, 0.1) is 6.10 Å². The molecule has 0 aromatic carbocycles. The zero-order valence-corrected chi connectivity index (χ0v) is 16.1. The lowest BCUT2D eigenvalue weighted by molar-refractivity contribution is -0.151. The van der Waals surface area contributed by atoms with Crippen LogP contribution in [0.3, 0.4) is 0 Å².